The maximum atomic E-state index is 13.3. The SMILES string of the molecule is CNC(Cc1ccc(Cl)c(F)c1)c1cscn1. The summed E-state index contributed by atoms with van der Waals surface area (Å²) in [7, 11) is 1.87. The molecule has 0 fully saturated rings. The van der Waals surface area contributed by atoms with Gasteiger partial charge in [0.2, 0.25) is 0 Å². The van der Waals surface area contributed by atoms with Crippen LogP contribution in [0.2, 0.25) is 5.02 Å². The first-order valence-electron chi connectivity index (χ1n) is 5.20. The minimum atomic E-state index is -0.378. The molecule has 5 heteroatoms. The quantitative estimate of drug-likeness (QED) is 0.921. The van der Waals surface area contributed by atoms with E-state index in [1.165, 1.54) is 6.07 Å². The van der Waals surface area contributed by atoms with Crippen molar-refractivity contribution in [2.45, 2.75) is 12.5 Å². The smallest absolute Gasteiger partial charge is 0.142 e. The van der Waals surface area contributed by atoms with Crippen LogP contribution in [0.3, 0.4) is 0 Å². The van der Waals surface area contributed by atoms with Crippen molar-refractivity contribution in [1.29, 1.82) is 0 Å². The van der Waals surface area contributed by atoms with Crippen LogP contribution in [0.4, 0.5) is 4.39 Å². The maximum Gasteiger partial charge on any atom is 0.142 e. The largest absolute Gasteiger partial charge is 0.311 e. The first kappa shape index (κ1) is 12.5. The second-order valence-corrected chi connectivity index (χ2v) is 4.83. The highest BCUT2D eigenvalue weighted by Crippen LogP contribution is 2.21. The Morgan fingerprint density at radius 3 is 2.94 bits per heavy atom. The van der Waals surface area contributed by atoms with E-state index < -0.39 is 0 Å². The van der Waals surface area contributed by atoms with Crippen molar-refractivity contribution in [3.63, 3.8) is 0 Å². The molecule has 1 aromatic carbocycles. The van der Waals surface area contributed by atoms with E-state index in [0.29, 0.717) is 6.42 Å². The van der Waals surface area contributed by atoms with Gasteiger partial charge in [0.25, 0.3) is 0 Å². The zero-order chi connectivity index (χ0) is 12.3. The normalized spacial score (nSPS) is 12.6. The monoisotopic (exact) mass is 270 g/mol. The van der Waals surface area contributed by atoms with Crippen LogP contribution in [0.5, 0.6) is 0 Å². The van der Waals surface area contributed by atoms with E-state index >= 15 is 0 Å². The number of likely N-dealkylation sites (N-methyl/N-ethyl adjacent to an activating group) is 1. The Labute approximate surface area is 108 Å². The molecule has 2 nitrogen and oxygen atoms in total. The van der Waals surface area contributed by atoms with Gasteiger partial charge >= 0.3 is 0 Å². The number of thiazole rings is 1. The van der Waals surface area contributed by atoms with Gasteiger partial charge in [-0.3, -0.25) is 0 Å². The molecule has 90 valence electrons. The summed E-state index contributed by atoms with van der Waals surface area (Å²) in [6.07, 6.45) is 0.689. The molecular formula is C12H12ClFN2S. The standard InChI is InChI=1S/C12H12ClFN2S/c1-15-11(12-6-17-7-16-12)5-8-2-3-9(13)10(14)4-8/h2-4,6-7,11,15H,5H2,1H3. The lowest BCUT2D eigenvalue weighted by atomic mass is 10.0. The minimum absolute atomic E-state index is 0.0989. The molecule has 2 aromatic rings. The number of benzene rings is 1. The Morgan fingerprint density at radius 2 is 2.35 bits per heavy atom. The third-order valence-corrected chi connectivity index (χ3v) is 3.49. The molecule has 1 atom stereocenters. The molecule has 0 spiro atoms. The van der Waals surface area contributed by atoms with Gasteiger partial charge in [-0.15, -0.1) is 11.3 Å². The van der Waals surface area contributed by atoms with Crippen molar-refractivity contribution in [1.82, 2.24) is 10.3 Å². The zero-order valence-corrected chi connectivity index (χ0v) is 10.9. The molecule has 2 rings (SSSR count). The summed E-state index contributed by atoms with van der Waals surface area (Å²) >= 11 is 7.20. The topological polar surface area (TPSA) is 24.9 Å². The summed E-state index contributed by atoms with van der Waals surface area (Å²) in [4.78, 5) is 4.26. The van der Waals surface area contributed by atoms with Gasteiger partial charge in [0.05, 0.1) is 22.3 Å². The molecule has 0 saturated carbocycles. The van der Waals surface area contributed by atoms with Crippen molar-refractivity contribution in [2.75, 3.05) is 7.05 Å². The van der Waals surface area contributed by atoms with Crippen LogP contribution < -0.4 is 5.32 Å². The van der Waals surface area contributed by atoms with Gasteiger partial charge in [-0.25, -0.2) is 9.37 Å². The molecule has 0 bridgehead atoms. The fraction of sp³-hybridized carbons (Fsp3) is 0.250. The van der Waals surface area contributed by atoms with Gasteiger partial charge in [0.15, 0.2) is 0 Å². The van der Waals surface area contributed by atoms with Crippen molar-refractivity contribution >= 4 is 22.9 Å². The number of halogens is 2. The van der Waals surface area contributed by atoms with E-state index in [2.05, 4.69) is 10.3 Å². The van der Waals surface area contributed by atoms with E-state index in [0.717, 1.165) is 11.3 Å². The summed E-state index contributed by atoms with van der Waals surface area (Å²) < 4.78 is 13.3. The summed E-state index contributed by atoms with van der Waals surface area (Å²) in [5, 5.41) is 5.33. The Bertz CT molecular complexity index is 487. The van der Waals surface area contributed by atoms with Crippen molar-refractivity contribution in [2.24, 2.45) is 0 Å². The van der Waals surface area contributed by atoms with Crippen LogP contribution in [0.25, 0.3) is 0 Å². The fourth-order valence-corrected chi connectivity index (χ4v) is 2.38. The lowest BCUT2D eigenvalue weighted by molar-refractivity contribution is 0.573. The predicted molar refractivity (Wildman–Crippen MR) is 69.0 cm³/mol. The Balaban J connectivity index is 2.16. The molecule has 1 N–H and O–H groups in total. The number of aromatic nitrogens is 1. The molecule has 1 aromatic heterocycles. The van der Waals surface area contributed by atoms with Gasteiger partial charge in [0, 0.05) is 5.38 Å². The Kier molecular flexibility index (Phi) is 4.10. The van der Waals surface area contributed by atoms with Crippen LogP contribution >= 0.6 is 22.9 Å². The molecule has 0 amide bonds. The lowest BCUT2D eigenvalue weighted by Gasteiger charge is -2.14. The number of rotatable bonds is 4. The van der Waals surface area contributed by atoms with Crippen molar-refractivity contribution in [3.8, 4) is 0 Å². The third kappa shape index (κ3) is 3.03. The van der Waals surface area contributed by atoms with Gasteiger partial charge < -0.3 is 5.32 Å². The predicted octanol–water partition coefficient (Wildman–Crippen LogP) is 3.44. The molecule has 0 aliphatic carbocycles. The first-order chi connectivity index (χ1) is 8.20. The van der Waals surface area contributed by atoms with Crippen LogP contribution in [-0.2, 0) is 6.42 Å². The van der Waals surface area contributed by atoms with Crippen LogP contribution in [0.1, 0.15) is 17.3 Å². The molecule has 0 saturated heterocycles. The molecule has 1 heterocycles. The second kappa shape index (κ2) is 5.58. The van der Waals surface area contributed by atoms with Crippen LogP contribution in [-0.4, -0.2) is 12.0 Å². The van der Waals surface area contributed by atoms with Gasteiger partial charge in [-0.05, 0) is 31.2 Å². The molecule has 1 unspecified atom stereocenters. The molecular weight excluding hydrogens is 259 g/mol. The first-order valence-corrected chi connectivity index (χ1v) is 6.52. The molecule has 0 aliphatic heterocycles. The fourth-order valence-electron chi connectivity index (χ4n) is 1.65. The van der Waals surface area contributed by atoms with E-state index in [1.54, 1.807) is 22.9 Å². The van der Waals surface area contributed by atoms with Crippen molar-refractivity contribution < 1.29 is 4.39 Å². The molecule has 0 aliphatic rings. The number of hydrogen-bond donors (Lipinski definition) is 1. The van der Waals surface area contributed by atoms with Crippen LogP contribution in [0, 0.1) is 5.82 Å². The van der Waals surface area contributed by atoms with Crippen molar-refractivity contribution in [3.05, 3.63) is 51.2 Å². The maximum absolute atomic E-state index is 13.3. The van der Waals surface area contributed by atoms with E-state index in [9.17, 15) is 4.39 Å². The molecule has 0 radical (unpaired) electrons. The van der Waals surface area contributed by atoms with Crippen LogP contribution in [0.15, 0.2) is 29.1 Å². The number of hydrogen-bond acceptors (Lipinski definition) is 3. The second-order valence-electron chi connectivity index (χ2n) is 3.71. The number of nitrogens with zero attached hydrogens (tertiary/aromatic N) is 1. The molecule has 17 heavy (non-hydrogen) atoms. The summed E-state index contributed by atoms with van der Waals surface area (Å²) in [6, 6.07) is 4.99. The average molecular weight is 271 g/mol. The van der Waals surface area contributed by atoms with E-state index in [-0.39, 0.29) is 16.9 Å². The summed E-state index contributed by atoms with van der Waals surface area (Å²) in [6.45, 7) is 0. The van der Waals surface area contributed by atoms with Gasteiger partial charge in [0.1, 0.15) is 5.82 Å². The zero-order valence-electron chi connectivity index (χ0n) is 9.28. The van der Waals surface area contributed by atoms with E-state index in [1.807, 2.05) is 18.5 Å². The lowest BCUT2D eigenvalue weighted by Crippen LogP contribution is -2.19. The Hall–Kier alpha value is -0.970. The van der Waals surface area contributed by atoms with Gasteiger partial charge in [-0.1, -0.05) is 17.7 Å². The highest BCUT2D eigenvalue weighted by molar-refractivity contribution is 7.07. The number of nitrogens with one attached hydrogen (secondary N) is 1. The summed E-state index contributed by atoms with van der Waals surface area (Å²) in [5.74, 6) is -0.378. The minimum Gasteiger partial charge on any atom is -0.311 e. The highest BCUT2D eigenvalue weighted by atomic mass is 35.5. The highest BCUT2D eigenvalue weighted by Gasteiger charge is 2.12. The Morgan fingerprint density at radius 1 is 1.53 bits per heavy atom. The third-order valence-electron chi connectivity index (χ3n) is 2.58. The van der Waals surface area contributed by atoms with Gasteiger partial charge in [-0.2, -0.15) is 0 Å². The summed E-state index contributed by atoms with van der Waals surface area (Å²) in [5.41, 5.74) is 3.68. The average Bonchev–Trinajstić information content (AvgIpc) is 2.84. The van der Waals surface area contributed by atoms with E-state index in [4.69, 9.17) is 11.6 Å².